The lowest BCUT2D eigenvalue weighted by molar-refractivity contribution is 0.0952. The van der Waals surface area contributed by atoms with Gasteiger partial charge in [0.15, 0.2) is 5.82 Å². The molecule has 5 heteroatoms. The van der Waals surface area contributed by atoms with E-state index >= 15 is 0 Å². The van der Waals surface area contributed by atoms with Crippen molar-refractivity contribution >= 4 is 0 Å². The van der Waals surface area contributed by atoms with Gasteiger partial charge in [0.25, 0.3) is 0 Å². The van der Waals surface area contributed by atoms with Crippen molar-refractivity contribution in [3.63, 3.8) is 0 Å². The maximum absolute atomic E-state index is 9.59. The van der Waals surface area contributed by atoms with Gasteiger partial charge in [-0.05, 0) is 19.3 Å². The predicted octanol–water partition coefficient (Wildman–Crippen LogP) is 1.80. The minimum absolute atomic E-state index is 0.173. The zero-order valence-corrected chi connectivity index (χ0v) is 9.72. The van der Waals surface area contributed by atoms with Crippen molar-refractivity contribution in [2.24, 2.45) is 0 Å². The van der Waals surface area contributed by atoms with Gasteiger partial charge in [-0.1, -0.05) is 19.0 Å². The summed E-state index contributed by atoms with van der Waals surface area (Å²) in [5, 5.41) is 13.4. The lowest BCUT2D eigenvalue weighted by Gasteiger charge is -2.11. The average molecular weight is 226 g/mol. The Morgan fingerprint density at radius 2 is 2.31 bits per heavy atom. The van der Waals surface area contributed by atoms with Gasteiger partial charge in [-0.3, -0.25) is 0 Å². The molecule has 0 aliphatic carbocycles. The third-order valence-corrected chi connectivity index (χ3v) is 3.07. The number of hydrogen-bond donors (Lipinski definition) is 1. The molecule has 2 rings (SSSR count). The van der Waals surface area contributed by atoms with Gasteiger partial charge in [0.1, 0.15) is 6.10 Å². The fourth-order valence-corrected chi connectivity index (χ4v) is 2.05. The molecular weight excluding hydrogens is 208 g/mol. The SMILES string of the molecule is CCC(O)c1noc(C2CCOC2CC)n1. The normalized spacial score (nSPS) is 27.2. The van der Waals surface area contributed by atoms with E-state index in [0.717, 1.165) is 19.4 Å². The predicted molar refractivity (Wildman–Crippen MR) is 56.9 cm³/mol. The topological polar surface area (TPSA) is 68.4 Å². The van der Waals surface area contributed by atoms with Crippen molar-refractivity contribution < 1.29 is 14.4 Å². The summed E-state index contributed by atoms with van der Waals surface area (Å²) in [5.74, 6) is 1.18. The van der Waals surface area contributed by atoms with Gasteiger partial charge < -0.3 is 14.4 Å². The molecule has 90 valence electrons. The number of nitrogens with zero attached hydrogens (tertiary/aromatic N) is 2. The summed E-state index contributed by atoms with van der Waals surface area (Å²) >= 11 is 0. The molecular formula is C11H18N2O3. The summed E-state index contributed by atoms with van der Waals surface area (Å²) in [7, 11) is 0. The van der Waals surface area contributed by atoms with Crippen LogP contribution in [0.15, 0.2) is 4.52 Å². The van der Waals surface area contributed by atoms with Crippen LogP contribution < -0.4 is 0 Å². The van der Waals surface area contributed by atoms with Crippen LogP contribution in [0.25, 0.3) is 0 Å². The van der Waals surface area contributed by atoms with Crippen molar-refractivity contribution in [1.82, 2.24) is 10.1 Å². The Morgan fingerprint density at radius 1 is 1.50 bits per heavy atom. The zero-order chi connectivity index (χ0) is 11.5. The molecule has 1 N–H and O–H groups in total. The number of aliphatic hydroxyl groups is 1. The van der Waals surface area contributed by atoms with Gasteiger partial charge in [0.2, 0.25) is 5.89 Å². The highest BCUT2D eigenvalue weighted by atomic mass is 16.5. The molecule has 5 nitrogen and oxygen atoms in total. The van der Waals surface area contributed by atoms with Crippen molar-refractivity contribution in [1.29, 1.82) is 0 Å². The molecule has 1 aromatic heterocycles. The summed E-state index contributed by atoms with van der Waals surface area (Å²) in [6.07, 6.45) is 2.00. The zero-order valence-electron chi connectivity index (χ0n) is 9.72. The third kappa shape index (κ3) is 2.10. The first-order valence-corrected chi connectivity index (χ1v) is 5.89. The fraction of sp³-hybridized carbons (Fsp3) is 0.818. The van der Waals surface area contributed by atoms with E-state index in [1.807, 2.05) is 6.92 Å². The quantitative estimate of drug-likeness (QED) is 0.847. The van der Waals surface area contributed by atoms with Gasteiger partial charge in [-0.25, -0.2) is 0 Å². The van der Waals surface area contributed by atoms with E-state index in [4.69, 9.17) is 9.26 Å². The number of aromatic nitrogens is 2. The molecule has 0 bridgehead atoms. The van der Waals surface area contributed by atoms with Gasteiger partial charge >= 0.3 is 0 Å². The lowest BCUT2D eigenvalue weighted by Crippen LogP contribution is -2.13. The van der Waals surface area contributed by atoms with Gasteiger partial charge in [0, 0.05) is 6.61 Å². The van der Waals surface area contributed by atoms with Crippen LogP contribution >= 0.6 is 0 Å². The number of ether oxygens (including phenoxy) is 1. The number of rotatable bonds is 4. The summed E-state index contributed by atoms with van der Waals surface area (Å²) in [6.45, 7) is 4.71. The molecule has 1 saturated heterocycles. The van der Waals surface area contributed by atoms with Crippen molar-refractivity contribution in [3.05, 3.63) is 11.7 Å². The number of hydrogen-bond acceptors (Lipinski definition) is 5. The van der Waals surface area contributed by atoms with E-state index in [1.165, 1.54) is 0 Å². The Balaban J connectivity index is 2.12. The van der Waals surface area contributed by atoms with Crippen LogP contribution in [-0.4, -0.2) is 28.0 Å². The maximum Gasteiger partial charge on any atom is 0.232 e. The number of aliphatic hydroxyl groups excluding tert-OH is 1. The third-order valence-electron chi connectivity index (χ3n) is 3.07. The van der Waals surface area contributed by atoms with E-state index in [-0.39, 0.29) is 12.0 Å². The molecule has 3 atom stereocenters. The molecule has 1 aliphatic heterocycles. The summed E-state index contributed by atoms with van der Waals surface area (Å²) < 4.78 is 10.8. The monoisotopic (exact) mass is 226 g/mol. The molecule has 0 aromatic carbocycles. The van der Waals surface area contributed by atoms with Crippen LogP contribution in [-0.2, 0) is 4.74 Å². The van der Waals surface area contributed by atoms with Crippen LogP contribution in [0, 0.1) is 0 Å². The molecule has 0 spiro atoms. The largest absolute Gasteiger partial charge is 0.385 e. The van der Waals surface area contributed by atoms with Crippen LogP contribution in [0.1, 0.15) is 56.8 Å². The second-order valence-electron chi connectivity index (χ2n) is 4.13. The minimum Gasteiger partial charge on any atom is -0.385 e. The highest BCUT2D eigenvalue weighted by Crippen LogP contribution is 2.32. The fourth-order valence-electron chi connectivity index (χ4n) is 2.05. The molecule has 1 aliphatic rings. The van der Waals surface area contributed by atoms with Crippen LogP contribution in [0.2, 0.25) is 0 Å². The molecule has 16 heavy (non-hydrogen) atoms. The Labute approximate surface area is 94.8 Å². The molecule has 3 unspecified atom stereocenters. The van der Waals surface area contributed by atoms with Crippen molar-refractivity contribution in [3.8, 4) is 0 Å². The van der Waals surface area contributed by atoms with E-state index < -0.39 is 6.10 Å². The summed E-state index contributed by atoms with van der Waals surface area (Å²) in [6, 6.07) is 0. The highest BCUT2D eigenvalue weighted by molar-refractivity contribution is 5.01. The highest BCUT2D eigenvalue weighted by Gasteiger charge is 2.33. The molecule has 0 saturated carbocycles. The molecule has 2 heterocycles. The Kier molecular flexibility index (Phi) is 3.56. The van der Waals surface area contributed by atoms with Crippen LogP contribution in [0.3, 0.4) is 0 Å². The second kappa shape index (κ2) is 4.93. The van der Waals surface area contributed by atoms with E-state index in [1.54, 1.807) is 0 Å². The molecule has 1 aromatic rings. The first-order valence-electron chi connectivity index (χ1n) is 5.89. The van der Waals surface area contributed by atoms with Crippen LogP contribution in [0.5, 0.6) is 0 Å². The molecule has 0 radical (unpaired) electrons. The first-order chi connectivity index (χ1) is 7.76. The molecule has 1 fully saturated rings. The standard InChI is InChI=1S/C11H18N2O3/c1-3-8(14)10-12-11(16-13-10)7-5-6-15-9(7)4-2/h7-9,14H,3-6H2,1-2H3. The van der Waals surface area contributed by atoms with E-state index in [9.17, 15) is 5.11 Å². The van der Waals surface area contributed by atoms with Crippen molar-refractivity contribution in [2.75, 3.05) is 6.61 Å². The maximum atomic E-state index is 9.59. The first kappa shape index (κ1) is 11.5. The van der Waals surface area contributed by atoms with Gasteiger partial charge in [0.05, 0.1) is 12.0 Å². The summed E-state index contributed by atoms with van der Waals surface area (Å²) in [4.78, 5) is 4.25. The van der Waals surface area contributed by atoms with E-state index in [2.05, 4.69) is 17.1 Å². The second-order valence-corrected chi connectivity index (χ2v) is 4.13. The van der Waals surface area contributed by atoms with Crippen molar-refractivity contribution in [2.45, 2.75) is 51.2 Å². The van der Waals surface area contributed by atoms with Gasteiger partial charge in [-0.2, -0.15) is 4.98 Å². The lowest BCUT2D eigenvalue weighted by atomic mass is 10.00. The minimum atomic E-state index is -0.625. The Morgan fingerprint density at radius 3 is 3.00 bits per heavy atom. The Hall–Kier alpha value is -0.940. The summed E-state index contributed by atoms with van der Waals surface area (Å²) in [5.41, 5.74) is 0. The van der Waals surface area contributed by atoms with Crippen LogP contribution in [0.4, 0.5) is 0 Å². The smallest absolute Gasteiger partial charge is 0.232 e. The van der Waals surface area contributed by atoms with E-state index in [0.29, 0.717) is 18.1 Å². The molecule has 0 amide bonds. The Bertz CT molecular complexity index is 340. The van der Waals surface area contributed by atoms with Gasteiger partial charge in [-0.15, -0.1) is 0 Å². The average Bonchev–Trinajstić information content (AvgIpc) is 2.95.